The standard InChI is InChI=1S/C16H22FN5.HI/c1-13-10-21-22(12-13)8-4-7-19-16(18-2)20-11-14-5-3-6-15(17)9-14;/h3,5-6,9-10,12H,4,7-8,11H2,1-2H3,(H2,18,19,20);1H. The van der Waals surface area contributed by atoms with Gasteiger partial charge in [0, 0.05) is 32.9 Å². The maximum Gasteiger partial charge on any atom is 0.191 e. The minimum Gasteiger partial charge on any atom is -0.356 e. The fraction of sp³-hybridized carbons (Fsp3) is 0.375. The second-order valence-corrected chi connectivity index (χ2v) is 5.12. The number of hydrogen-bond donors (Lipinski definition) is 2. The molecule has 2 rings (SSSR count). The van der Waals surface area contributed by atoms with Crippen LogP contribution in [-0.2, 0) is 13.1 Å². The van der Waals surface area contributed by atoms with Crippen molar-refractivity contribution in [2.24, 2.45) is 4.99 Å². The lowest BCUT2D eigenvalue weighted by atomic mass is 10.2. The van der Waals surface area contributed by atoms with Crippen LogP contribution in [0.4, 0.5) is 4.39 Å². The van der Waals surface area contributed by atoms with Crippen molar-refractivity contribution in [3.05, 3.63) is 53.6 Å². The van der Waals surface area contributed by atoms with Gasteiger partial charge in [0.25, 0.3) is 0 Å². The molecular weight excluding hydrogens is 408 g/mol. The summed E-state index contributed by atoms with van der Waals surface area (Å²) in [4.78, 5) is 4.15. The Morgan fingerprint density at radius 3 is 2.83 bits per heavy atom. The van der Waals surface area contributed by atoms with Crippen molar-refractivity contribution in [3.63, 3.8) is 0 Å². The van der Waals surface area contributed by atoms with E-state index in [-0.39, 0.29) is 29.8 Å². The van der Waals surface area contributed by atoms with E-state index < -0.39 is 0 Å². The van der Waals surface area contributed by atoms with Gasteiger partial charge >= 0.3 is 0 Å². The number of aliphatic imine (C=N–C) groups is 1. The molecule has 1 heterocycles. The van der Waals surface area contributed by atoms with Crippen molar-refractivity contribution >= 4 is 29.9 Å². The van der Waals surface area contributed by atoms with E-state index in [1.54, 1.807) is 13.1 Å². The summed E-state index contributed by atoms with van der Waals surface area (Å²) in [5.41, 5.74) is 2.05. The van der Waals surface area contributed by atoms with Crippen LogP contribution in [0.1, 0.15) is 17.5 Å². The van der Waals surface area contributed by atoms with Crippen LogP contribution in [0, 0.1) is 12.7 Å². The van der Waals surface area contributed by atoms with Gasteiger partial charge in [0.1, 0.15) is 5.82 Å². The van der Waals surface area contributed by atoms with Crippen molar-refractivity contribution < 1.29 is 4.39 Å². The molecule has 0 fully saturated rings. The van der Waals surface area contributed by atoms with Gasteiger partial charge in [-0.3, -0.25) is 9.67 Å². The van der Waals surface area contributed by atoms with E-state index in [9.17, 15) is 4.39 Å². The monoisotopic (exact) mass is 431 g/mol. The number of benzene rings is 1. The second kappa shape index (κ2) is 10.2. The highest BCUT2D eigenvalue weighted by Crippen LogP contribution is 2.02. The summed E-state index contributed by atoms with van der Waals surface area (Å²) in [7, 11) is 1.72. The highest BCUT2D eigenvalue weighted by atomic mass is 127. The maximum atomic E-state index is 13.1. The van der Waals surface area contributed by atoms with Crippen molar-refractivity contribution in [2.45, 2.75) is 26.4 Å². The smallest absolute Gasteiger partial charge is 0.191 e. The molecular formula is C16H23FIN5. The Hall–Kier alpha value is -1.64. The maximum absolute atomic E-state index is 13.1. The summed E-state index contributed by atoms with van der Waals surface area (Å²) in [6.45, 7) is 4.22. The van der Waals surface area contributed by atoms with E-state index in [4.69, 9.17) is 0 Å². The molecule has 7 heteroatoms. The average Bonchev–Trinajstić information content (AvgIpc) is 2.92. The number of halogens is 2. The van der Waals surface area contributed by atoms with E-state index in [0.717, 1.165) is 25.1 Å². The van der Waals surface area contributed by atoms with Crippen LogP contribution in [0.15, 0.2) is 41.7 Å². The first kappa shape index (κ1) is 19.4. The fourth-order valence-electron chi connectivity index (χ4n) is 2.09. The molecule has 0 saturated heterocycles. The molecule has 0 aliphatic carbocycles. The zero-order valence-electron chi connectivity index (χ0n) is 13.4. The van der Waals surface area contributed by atoms with Crippen LogP contribution >= 0.6 is 24.0 Å². The van der Waals surface area contributed by atoms with Gasteiger partial charge in [0.05, 0.1) is 6.20 Å². The largest absolute Gasteiger partial charge is 0.356 e. The molecule has 126 valence electrons. The Morgan fingerprint density at radius 2 is 2.17 bits per heavy atom. The van der Waals surface area contributed by atoms with Crippen molar-refractivity contribution in [1.82, 2.24) is 20.4 Å². The zero-order valence-corrected chi connectivity index (χ0v) is 15.8. The number of nitrogens with one attached hydrogen (secondary N) is 2. The van der Waals surface area contributed by atoms with Crippen molar-refractivity contribution in [3.8, 4) is 0 Å². The fourth-order valence-corrected chi connectivity index (χ4v) is 2.09. The molecule has 0 radical (unpaired) electrons. The van der Waals surface area contributed by atoms with E-state index in [1.165, 1.54) is 17.7 Å². The highest BCUT2D eigenvalue weighted by molar-refractivity contribution is 14.0. The molecule has 5 nitrogen and oxygen atoms in total. The van der Waals surface area contributed by atoms with Crippen LogP contribution in [-0.4, -0.2) is 29.3 Å². The molecule has 0 bridgehead atoms. The molecule has 0 amide bonds. The van der Waals surface area contributed by atoms with Gasteiger partial charge in [-0.1, -0.05) is 12.1 Å². The molecule has 23 heavy (non-hydrogen) atoms. The van der Waals surface area contributed by atoms with Gasteiger partial charge < -0.3 is 10.6 Å². The van der Waals surface area contributed by atoms with Crippen LogP contribution < -0.4 is 10.6 Å². The number of aromatic nitrogens is 2. The van der Waals surface area contributed by atoms with Gasteiger partial charge in [0.2, 0.25) is 0 Å². The van der Waals surface area contributed by atoms with Crippen molar-refractivity contribution in [2.75, 3.05) is 13.6 Å². The van der Waals surface area contributed by atoms with Crippen LogP contribution in [0.3, 0.4) is 0 Å². The summed E-state index contributed by atoms with van der Waals surface area (Å²) < 4.78 is 15.0. The van der Waals surface area contributed by atoms with Crippen LogP contribution in [0.25, 0.3) is 0 Å². The first-order valence-electron chi connectivity index (χ1n) is 7.35. The van der Waals surface area contributed by atoms with Crippen LogP contribution in [0.5, 0.6) is 0 Å². The summed E-state index contributed by atoms with van der Waals surface area (Å²) in [5, 5.41) is 10.6. The Morgan fingerprint density at radius 1 is 1.35 bits per heavy atom. The quantitative estimate of drug-likeness (QED) is 0.320. The molecule has 0 aliphatic rings. The summed E-state index contributed by atoms with van der Waals surface area (Å²) in [6.07, 6.45) is 4.83. The third-order valence-corrected chi connectivity index (χ3v) is 3.19. The molecule has 0 saturated carbocycles. The van der Waals surface area contributed by atoms with Gasteiger partial charge in [-0.25, -0.2) is 4.39 Å². The lowest BCUT2D eigenvalue weighted by Gasteiger charge is -2.12. The Labute approximate surface area is 153 Å². The third kappa shape index (κ3) is 6.98. The number of aryl methyl sites for hydroxylation is 2. The molecule has 2 aromatic rings. The Kier molecular flexibility index (Phi) is 8.60. The topological polar surface area (TPSA) is 54.2 Å². The summed E-state index contributed by atoms with van der Waals surface area (Å²) in [5.74, 6) is 0.484. The minimum atomic E-state index is -0.225. The van der Waals surface area contributed by atoms with Gasteiger partial charge in [-0.2, -0.15) is 5.10 Å². The molecule has 1 aromatic carbocycles. The predicted octanol–water partition coefficient (Wildman–Crippen LogP) is 2.70. The average molecular weight is 431 g/mol. The Bertz CT molecular complexity index is 626. The minimum absolute atomic E-state index is 0. The summed E-state index contributed by atoms with van der Waals surface area (Å²) in [6, 6.07) is 6.53. The number of rotatable bonds is 6. The summed E-state index contributed by atoms with van der Waals surface area (Å²) >= 11 is 0. The third-order valence-electron chi connectivity index (χ3n) is 3.19. The molecule has 1 aromatic heterocycles. The lowest BCUT2D eigenvalue weighted by Crippen LogP contribution is -2.37. The Balaban J connectivity index is 0.00000264. The molecule has 0 spiro atoms. The number of guanidine groups is 1. The van der Waals surface area contributed by atoms with Gasteiger partial charge in [0.15, 0.2) is 5.96 Å². The molecule has 0 unspecified atom stereocenters. The molecule has 2 N–H and O–H groups in total. The molecule has 0 aliphatic heterocycles. The number of hydrogen-bond acceptors (Lipinski definition) is 2. The van der Waals surface area contributed by atoms with Crippen LogP contribution in [0.2, 0.25) is 0 Å². The van der Waals surface area contributed by atoms with Gasteiger partial charge in [-0.05, 0) is 36.6 Å². The van der Waals surface area contributed by atoms with E-state index in [1.807, 2.05) is 30.1 Å². The number of nitrogens with zero attached hydrogens (tertiary/aromatic N) is 3. The normalized spacial score (nSPS) is 11.0. The lowest BCUT2D eigenvalue weighted by molar-refractivity contribution is 0.570. The van der Waals surface area contributed by atoms with Crippen molar-refractivity contribution in [1.29, 1.82) is 0 Å². The van der Waals surface area contributed by atoms with Gasteiger partial charge in [-0.15, -0.1) is 24.0 Å². The first-order valence-corrected chi connectivity index (χ1v) is 7.35. The van der Waals surface area contributed by atoms with E-state index >= 15 is 0 Å². The van der Waals surface area contributed by atoms with E-state index in [2.05, 4.69) is 20.7 Å². The predicted molar refractivity (Wildman–Crippen MR) is 102 cm³/mol. The molecule has 0 atom stereocenters. The highest BCUT2D eigenvalue weighted by Gasteiger charge is 2.00. The van der Waals surface area contributed by atoms with E-state index in [0.29, 0.717) is 12.5 Å². The zero-order chi connectivity index (χ0) is 15.8. The first-order chi connectivity index (χ1) is 10.7. The second-order valence-electron chi connectivity index (χ2n) is 5.12. The SMILES string of the molecule is CN=C(NCCCn1cc(C)cn1)NCc1cccc(F)c1.I.